The molecule has 0 radical (unpaired) electrons. The van der Waals surface area contributed by atoms with E-state index in [0.717, 1.165) is 32.6 Å². The summed E-state index contributed by atoms with van der Waals surface area (Å²) in [6.07, 6.45) is 1.16. The van der Waals surface area contributed by atoms with Crippen LogP contribution in [-0.4, -0.2) is 49.6 Å². The van der Waals surface area contributed by atoms with Crippen LogP contribution in [0, 0.1) is 0 Å². The zero-order chi connectivity index (χ0) is 10.4. The number of hydrogen-bond donors (Lipinski definition) is 2. The van der Waals surface area contributed by atoms with E-state index in [9.17, 15) is 4.79 Å². The van der Waals surface area contributed by atoms with Crippen LogP contribution in [-0.2, 0) is 4.79 Å². The van der Waals surface area contributed by atoms with E-state index in [1.54, 1.807) is 0 Å². The summed E-state index contributed by atoms with van der Waals surface area (Å²) >= 11 is 0. The lowest BCUT2D eigenvalue weighted by Gasteiger charge is -2.25. The maximum Gasteiger partial charge on any atom is 0.234 e. The normalized spacial score (nSPS) is 21.5. The van der Waals surface area contributed by atoms with Crippen LogP contribution < -0.4 is 10.6 Å². The Morgan fingerprint density at radius 3 is 2.86 bits per heavy atom. The molecule has 0 saturated carbocycles. The molecule has 4 heteroatoms. The first-order valence-corrected chi connectivity index (χ1v) is 5.49. The Morgan fingerprint density at radius 1 is 1.57 bits per heavy atom. The third-order valence-corrected chi connectivity index (χ3v) is 2.68. The van der Waals surface area contributed by atoms with Gasteiger partial charge in [0.1, 0.15) is 0 Å². The number of nitrogens with zero attached hydrogens (tertiary/aromatic N) is 1. The van der Waals surface area contributed by atoms with Crippen molar-refractivity contribution in [3.05, 3.63) is 0 Å². The average Bonchev–Trinajstić information content (AvgIpc) is 2.67. The van der Waals surface area contributed by atoms with Gasteiger partial charge in [-0.05, 0) is 26.4 Å². The first-order chi connectivity index (χ1) is 6.77. The molecule has 1 unspecified atom stereocenters. The van der Waals surface area contributed by atoms with E-state index >= 15 is 0 Å². The van der Waals surface area contributed by atoms with Gasteiger partial charge in [-0.1, -0.05) is 6.92 Å². The third kappa shape index (κ3) is 3.27. The Balaban J connectivity index is 2.33. The van der Waals surface area contributed by atoms with Crippen molar-refractivity contribution in [2.75, 3.05) is 32.7 Å². The highest BCUT2D eigenvalue weighted by Gasteiger charge is 2.22. The van der Waals surface area contributed by atoms with E-state index < -0.39 is 0 Å². The van der Waals surface area contributed by atoms with E-state index in [1.165, 1.54) is 0 Å². The summed E-state index contributed by atoms with van der Waals surface area (Å²) in [4.78, 5) is 13.6. The van der Waals surface area contributed by atoms with Gasteiger partial charge in [-0.3, -0.25) is 9.69 Å². The molecule has 1 aliphatic rings. The highest BCUT2D eigenvalue weighted by atomic mass is 16.2. The second-order valence-corrected chi connectivity index (χ2v) is 3.66. The van der Waals surface area contributed by atoms with Crippen LogP contribution in [0.4, 0.5) is 0 Å². The van der Waals surface area contributed by atoms with Crippen molar-refractivity contribution in [1.29, 1.82) is 0 Å². The number of likely N-dealkylation sites (N-methyl/N-ethyl adjacent to an activating group) is 2. The van der Waals surface area contributed by atoms with Gasteiger partial charge in [0, 0.05) is 19.1 Å². The van der Waals surface area contributed by atoms with Gasteiger partial charge in [-0.15, -0.1) is 0 Å². The van der Waals surface area contributed by atoms with Gasteiger partial charge < -0.3 is 10.6 Å². The minimum absolute atomic E-state index is 0.140. The zero-order valence-electron chi connectivity index (χ0n) is 9.18. The maximum atomic E-state index is 11.4. The Bertz CT molecular complexity index is 178. The number of amides is 1. The molecule has 0 aromatic carbocycles. The molecule has 0 aliphatic carbocycles. The first-order valence-electron chi connectivity index (χ1n) is 5.49. The summed E-state index contributed by atoms with van der Waals surface area (Å²) in [6.45, 7) is 8.37. The molecule has 0 bridgehead atoms. The average molecular weight is 199 g/mol. The molecule has 4 nitrogen and oxygen atoms in total. The van der Waals surface area contributed by atoms with Crippen molar-refractivity contribution in [1.82, 2.24) is 15.5 Å². The molecule has 1 heterocycles. The van der Waals surface area contributed by atoms with Gasteiger partial charge in [-0.25, -0.2) is 0 Å². The number of nitrogens with one attached hydrogen (secondary N) is 2. The lowest BCUT2D eigenvalue weighted by molar-refractivity contribution is -0.122. The minimum atomic E-state index is 0.140. The van der Waals surface area contributed by atoms with Gasteiger partial charge >= 0.3 is 0 Å². The van der Waals surface area contributed by atoms with Crippen LogP contribution in [0.25, 0.3) is 0 Å². The molecular formula is C10H21N3O. The van der Waals surface area contributed by atoms with Gasteiger partial charge in [-0.2, -0.15) is 0 Å². The van der Waals surface area contributed by atoms with Crippen molar-refractivity contribution in [3.63, 3.8) is 0 Å². The summed E-state index contributed by atoms with van der Waals surface area (Å²) in [5.41, 5.74) is 0. The molecule has 1 saturated heterocycles. The van der Waals surface area contributed by atoms with Crippen LogP contribution in [0.2, 0.25) is 0 Å². The Hall–Kier alpha value is -0.610. The van der Waals surface area contributed by atoms with Crippen molar-refractivity contribution >= 4 is 5.91 Å². The minimum Gasteiger partial charge on any atom is -0.355 e. The number of carbonyl (C=O) groups is 1. The quantitative estimate of drug-likeness (QED) is 0.645. The molecule has 14 heavy (non-hydrogen) atoms. The van der Waals surface area contributed by atoms with Crippen molar-refractivity contribution in [2.45, 2.75) is 26.3 Å². The molecule has 82 valence electrons. The maximum absolute atomic E-state index is 11.4. The van der Waals surface area contributed by atoms with Crippen molar-refractivity contribution < 1.29 is 4.79 Å². The number of carbonyl (C=O) groups excluding carboxylic acids is 1. The number of rotatable bonds is 5. The summed E-state index contributed by atoms with van der Waals surface area (Å²) in [7, 11) is 0. The second-order valence-electron chi connectivity index (χ2n) is 3.66. The fraction of sp³-hybridized carbons (Fsp3) is 0.900. The lowest BCUT2D eigenvalue weighted by atomic mass is 10.2. The monoisotopic (exact) mass is 199 g/mol. The second kappa shape index (κ2) is 5.98. The standard InChI is InChI=1S/C10H21N3O/c1-3-12-10(14)8-13(4-2)9-5-6-11-7-9/h9,11H,3-8H2,1-2H3,(H,12,14). The molecule has 1 rings (SSSR count). The van der Waals surface area contributed by atoms with Crippen molar-refractivity contribution in [3.8, 4) is 0 Å². The third-order valence-electron chi connectivity index (χ3n) is 2.68. The lowest BCUT2D eigenvalue weighted by Crippen LogP contribution is -2.43. The highest BCUT2D eigenvalue weighted by Crippen LogP contribution is 2.07. The Morgan fingerprint density at radius 2 is 2.36 bits per heavy atom. The summed E-state index contributed by atoms with van der Waals surface area (Å²) < 4.78 is 0. The SMILES string of the molecule is CCNC(=O)CN(CC)C1CCNC1. The van der Waals surface area contributed by atoms with Crippen LogP contribution in [0.3, 0.4) is 0 Å². The van der Waals surface area contributed by atoms with E-state index in [2.05, 4.69) is 22.5 Å². The molecule has 1 fully saturated rings. The molecule has 1 atom stereocenters. The molecule has 0 spiro atoms. The zero-order valence-corrected chi connectivity index (χ0v) is 9.18. The smallest absolute Gasteiger partial charge is 0.234 e. The van der Waals surface area contributed by atoms with Gasteiger partial charge in [0.05, 0.1) is 6.54 Å². The molecule has 1 amide bonds. The van der Waals surface area contributed by atoms with Crippen LogP contribution in [0.15, 0.2) is 0 Å². The molecule has 2 N–H and O–H groups in total. The van der Waals surface area contributed by atoms with E-state index in [0.29, 0.717) is 12.6 Å². The van der Waals surface area contributed by atoms with Gasteiger partial charge in [0.2, 0.25) is 5.91 Å². The van der Waals surface area contributed by atoms with Crippen molar-refractivity contribution in [2.24, 2.45) is 0 Å². The molecule has 0 aromatic heterocycles. The summed E-state index contributed by atoms with van der Waals surface area (Å²) in [5.74, 6) is 0.140. The summed E-state index contributed by atoms with van der Waals surface area (Å²) in [6, 6.07) is 0.544. The fourth-order valence-corrected chi connectivity index (χ4v) is 1.89. The van der Waals surface area contributed by atoms with Crippen LogP contribution >= 0.6 is 0 Å². The van der Waals surface area contributed by atoms with Crippen LogP contribution in [0.1, 0.15) is 20.3 Å². The Kier molecular flexibility index (Phi) is 4.90. The van der Waals surface area contributed by atoms with E-state index in [4.69, 9.17) is 0 Å². The van der Waals surface area contributed by atoms with Gasteiger partial charge in [0.15, 0.2) is 0 Å². The highest BCUT2D eigenvalue weighted by molar-refractivity contribution is 5.77. The predicted octanol–water partition coefficient (Wildman–Crippen LogP) is -0.194. The molecule has 0 aromatic rings. The molecular weight excluding hydrogens is 178 g/mol. The summed E-state index contributed by atoms with van der Waals surface area (Å²) in [5, 5.41) is 6.15. The van der Waals surface area contributed by atoms with E-state index in [-0.39, 0.29) is 5.91 Å². The topological polar surface area (TPSA) is 44.4 Å². The van der Waals surface area contributed by atoms with E-state index in [1.807, 2.05) is 6.92 Å². The fourth-order valence-electron chi connectivity index (χ4n) is 1.89. The molecule has 1 aliphatic heterocycles. The Labute approximate surface area is 86.0 Å². The predicted molar refractivity (Wildman–Crippen MR) is 57.2 cm³/mol. The largest absolute Gasteiger partial charge is 0.355 e. The number of hydrogen-bond acceptors (Lipinski definition) is 3. The first kappa shape index (κ1) is 11.5. The van der Waals surface area contributed by atoms with Gasteiger partial charge in [0.25, 0.3) is 0 Å². The van der Waals surface area contributed by atoms with Crippen LogP contribution in [0.5, 0.6) is 0 Å².